The van der Waals surface area contributed by atoms with Gasteiger partial charge < -0.3 is 19.8 Å². The Labute approximate surface area is 169 Å². The summed E-state index contributed by atoms with van der Waals surface area (Å²) in [5.74, 6) is 0. The highest BCUT2D eigenvalue weighted by atomic mass is 16.3. The van der Waals surface area contributed by atoms with Gasteiger partial charge in [0.15, 0.2) is 0 Å². The standard InChI is InChI=1S/C23H50NO3/c1-3-4-5-6-7-8-9-10-11-12-13-14-15-16-17-24(18-20-25,19-21-26)22-23(2)27/h23,25-27H,3-22H2,1-2H3/q+1. The Balaban J connectivity index is 3.64. The molecule has 3 N–H and O–H groups in total. The van der Waals surface area contributed by atoms with Crippen molar-refractivity contribution < 1.29 is 19.8 Å². The molecule has 0 saturated carbocycles. The molecule has 0 aromatic heterocycles. The lowest BCUT2D eigenvalue weighted by molar-refractivity contribution is -0.931. The summed E-state index contributed by atoms with van der Waals surface area (Å²) in [6.45, 7) is 7.14. The number of hydrogen-bond acceptors (Lipinski definition) is 3. The van der Waals surface area contributed by atoms with Crippen LogP contribution in [0.1, 0.15) is 104 Å². The van der Waals surface area contributed by atoms with Crippen LogP contribution in [-0.4, -0.2) is 65.3 Å². The van der Waals surface area contributed by atoms with Crippen molar-refractivity contribution >= 4 is 0 Å². The second-order valence-electron chi connectivity index (χ2n) is 8.59. The second-order valence-corrected chi connectivity index (χ2v) is 8.59. The maximum absolute atomic E-state index is 9.78. The fraction of sp³-hybridized carbons (Fsp3) is 1.00. The number of aliphatic hydroxyl groups is 3. The van der Waals surface area contributed by atoms with Crippen molar-refractivity contribution in [1.29, 1.82) is 0 Å². The monoisotopic (exact) mass is 388 g/mol. The molecule has 1 unspecified atom stereocenters. The van der Waals surface area contributed by atoms with Crippen molar-refractivity contribution in [2.24, 2.45) is 0 Å². The Morgan fingerprint density at radius 3 is 1.30 bits per heavy atom. The van der Waals surface area contributed by atoms with Gasteiger partial charge in [-0.2, -0.15) is 0 Å². The molecule has 0 aliphatic heterocycles. The van der Waals surface area contributed by atoms with Gasteiger partial charge in [-0.15, -0.1) is 0 Å². The van der Waals surface area contributed by atoms with Gasteiger partial charge in [-0.3, -0.25) is 0 Å². The predicted molar refractivity (Wildman–Crippen MR) is 116 cm³/mol. The lowest BCUT2D eigenvalue weighted by Gasteiger charge is -2.39. The van der Waals surface area contributed by atoms with Crippen molar-refractivity contribution in [1.82, 2.24) is 0 Å². The van der Waals surface area contributed by atoms with E-state index in [1.54, 1.807) is 6.92 Å². The maximum Gasteiger partial charge on any atom is 0.105 e. The predicted octanol–water partition coefficient (Wildman–Crippen LogP) is 4.65. The van der Waals surface area contributed by atoms with E-state index < -0.39 is 6.10 Å². The second kappa shape index (κ2) is 19.2. The molecule has 4 nitrogen and oxygen atoms in total. The third-order valence-corrected chi connectivity index (χ3v) is 5.79. The van der Waals surface area contributed by atoms with Crippen LogP contribution in [0.3, 0.4) is 0 Å². The van der Waals surface area contributed by atoms with E-state index in [-0.39, 0.29) is 13.2 Å². The summed E-state index contributed by atoms with van der Waals surface area (Å²) in [5, 5.41) is 28.5. The molecule has 0 aliphatic carbocycles. The zero-order valence-corrected chi connectivity index (χ0v) is 18.5. The highest BCUT2D eigenvalue weighted by molar-refractivity contribution is 4.53. The van der Waals surface area contributed by atoms with Crippen LogP contribution in [0.15, 0.2) is 0 Å². The van der Waals surface area contributed by atoms with Crippen LogP contribution >= 0.6 is 0 Å². The fourth-order valence-corrected chi connectivity index (χ4v) is 4.24. The van der Waals surface area contributed by atoms with E-state index in [2.05, 4.69) is 6.92 Å². The molecular weight excluding hydrogens is 338 g/mol. The molecule has 164 valence electrons. The van der Waals surface area contributed by atoms with E-state index in [1.165, 1.54) is 83.5 Å². The van der Waals surface area contributed by atoms with Crippen LogP contribution in [0.5, 0.6) is 0 Å². The van der Waals surface area contributed by atoms with E-state index >= 15 is 0 Å². The number of rotatable bonds is 21. The van der Waals surface area contributed by atoms with Crippen LogP contribution < -0.4 is 0 Å². The van der Waals surface area contributed by atoms with E-state index in [0.717, 1.165) is 13.0 Å². The molecule has 0 heterocycles. The first kappa shape index (κ1) is 26.8. The van der Waals surface area contributed by atoms with Crippen LogP contribution in [0, 0.1) is 0 Å². The molecular formula is C23H50NO3+. The Kier molecular flexibility index (Phi) is 19.1. The molecule has 0 radical (unpaired) electrons. The zero-order valence-electron chi connectivity index (χ0n) is 18.5. The quantitative estimate of drug-likeness (QED) is 0.198. The molecule has 27 heavy (non-hydrogen) atoms. The summed E-state index contributed by atoms with van der Waals surface area (Å²) in [5.41, 5.74) is 0. The van der Waals surface area contributed by atoms with Crippen molar-refractivity contribution in [2.45, 2.75) is 110 Å². The largest absolute Gasteiger partial charge is 0.391 e. The average molecular weight is 389 g/mol. The number of nitrogens with zero attached hydrogens (tertiary/aromatic N) is 1. The van der Waals surface area contributed by atoms with Gasteiger partial charge >= 0.3 is 0 Å². The summed E-state index contributed by atoms with van der Waals surface area (Å²) in [6, 6.07) is 0. The smallest absolute Gasteiger partial charge is 0.105 e. The van der Waals surface area contributed by atoms with E-state index in [1.807, 2.05) is 0 Å². The molecule has 0 saturated heterocycles. The van der Waals surface area contributed by atoms with Crippen molar-refractivity contribution in [3.8, 4) is 0 Å². The van der Waals surface area contributed by atoms with E-state index in [9.17, 15) is 15.3 Å². The summed E-state index contributed by atoms with van der Waals surface area (Å²) in [7, 11) is 0. The normalized spacial score (nSPS) is 13.2. The first-order valence-electron chi connectivity index (χ1n) is 11.8. The van der Waals surface area contributed by atoms with Crippen LogP contribution in [0.2, 0.25) is 0 Å². The lowest BCUT2D eigenvalue weighted by Crippen LogP contribution is -2.55. The van der Waals surface area contributed by atoms with Gasteiger partial charge in [0.25, 0.3) is 0 Å². The first-order valence-corrected chi connectivity index (χ1v) is 11.8. The van der Waals surface area contributed by atoms with Gasteiger partial charge in [0.2, 0.25) is 0 Å². The van der Waals surface area contributed by atoms with Gasteiger partial charge in [-0.25, -0.2) is 0 Å². The Bertz CT molecular complexity index is 291. The summed E-state index contributed by atoms with van der Waals surface area (Å²) in [6.07, 6.45) is 18.5. The van der Waals surface area contributed by atoms with Crippen molar-refractivity contribution in [2.75, 3.05) is 39.4 Å². The fourth-order valence-electron chi connectivity index (χ4n) is 4.24. The minimum atomic E-state index is -0.394. The molecule has 1 atom stereocenters. The first-order chi connectivity index (χ1) is 13.1. The molecule has 0 aliphatic rings. The van der Waals surface area contributed by atoms with Crippen molar-refractivity contribution in [3.05, 3.63) is 0 Å². The molecule has 0 bridgehead atoms. The van der Waals surface area contributed by atoms with Crippen LogP contribution in [0.25, 0.3) is 0 Å². The maximum atomic E-state index is 9.78. The number of hydrogen-bond donors (Lipinski definition) is 3. The minimum absolute atomic E-state index is 0.116. The lowest BCUT2D eigenvalue weighted by atomic mass is 10.0. The van der Waals surface area contributed by atoms with Crippen LogP contribution in [-0.2, 0) is 0 Å². The third-order valence-electron chi connectivity index (χ3n) is 5.79. The Morgan fingerprint density at radius 1 is 0.593 bits per heavy atom. The topological polar surface area (TPSA) is 60.7 Å². The zero-order chi connectivity index (χ0) is 20.2. The summed E-state index contributed by atoms with van der Waals surface area (Å²) >= 11 is 0. The van der Waals surface area contributed by atoms with Crippen molar-refractivity contribution in [3.63, 3.8) is 0 Å². The number of unbranched alkanes of at least 4 members (excludes halogenated alkanes) is 13. The number of quaternary nitrogens is 1. The van der Waals surface area contributed by atoms with Gasteiger partial charge in [0.1, 0.15) is 25.7 Å². The molecule has 0 aromatic carbocycles. The molecule has 0 rings (SSSR count). The SMILES string of the molecule is CCCCCCCCCCCCCCCC[N+](CCO)(CCO)CC(C)O. The number of aliphatic hydroxyl groups excluding tert-OH is 3. The summed E-state index contributed by atoms with van der Waals surface area (Å²) < 4.78 is 0.642. The highest BCUT2D eigenvalue weighted by Gasteiger charge is 2.27. The average Bonchev–Trinajstić information content (AvgIpc) is 2.62. The highest BCUT2D eigenvalue weighted by Crippen LogP contribution is 2.15. The molecule has 0 fully saturated rings. The minimum Gasteiger partial charge on any atom is -0.391 e. The van der Waals surface area contributed by atoms with E-state index in [4.69, 9.17) is 0 Å². The van der Waals surface area contributed by atoms with Gasteiger partial charge in [-0.1, -0.05) is 84.0 Å². The Hall–Kier alpha value is -0.160. The molecule has 0 aromatic rings. The molecule has 0 amide bonds. The summed E-state index contributed by atoms with van der Waals surface area (Å²) in [4.78, 5) is 0. The van der Waals surface area contributed by atoms with Gasteiger partial charge in [0.05, 0.1) is 19.8 Å². The van der Waals surface area contributed by atoms with Gasteiger partial charge in [0, 0.05) is 0 Å². The third kappa shape index (κ3) is 16.5. The molecule has 0 spiro atoms. The molecule has 4 heteroatoms. The van der Waals surface area contributed by atoms with E-state index in [0.29, 0.717) is 24.1 Å². The van der Waals surface area contributed by atoms with Crippen LogP contribution in [0.4, 0.5) is 0 Å². The Morgan fingerprint density at radius 2 is 0.963 bits per heavy atom. The van der Waals surface area contributed by atoms with Gasteiger partial charge in [-0.05, 0) is 19.8 Å².